The molecule has 0 bridgehead atoms. The maximum Gasteiger partial charge on any atom is 0.119 e. The van der Waals surface area contributed by atoms with Crippen LogP contribution >= 0.6 is 11.6 Å². The van der Waals surface area contributed by atoms with Crippen molar-refractivity contribution in [2.45, 2.75) is 43.9 Å². The second-order valence-corrected chi connectivity index (χ2v) is 3.75. The Kier molecular flexibility index (Phi) is 3.11. The summed E-state index contributed by atoms with van der Waals surface area (Å²) in [6, 6.07) is 0. The molecule has 3 unspecified atom stereocenters. The molecule has 0 aromatic heterocycles. The quantitative estimate of drug-likeness (QED) is 0.547. The van der Waals surface area contributed by atoms with Crippen molar-refractivity contribution in [3.05, 3.63) is 0 Å². The molecule has 66 valence electrons. The Balaban J connectivity index is 2.48. The summed E-state index contributed by atoms with van der Waals surface area (Å²) in [5.41, 5.74) is 0. The van der Waals surface area contributed by atoms with Crippen molar-refractivity contribution in [1.29, 1.82) is 0 Å². The number of halogens is 3. The van der Waals surface area contributed by atoms with Gasteiger partial charge < -0.3 is 0 Å². The van der Waals surface area contributed by atoms with Gasteiger partial charge >= 0.3 is 0 Å². The summed E-state index contributed by atoms with van der Waals surface area (Å²) < 4.78 is 25.7. The Morgan fingerprint density at radius 1 is 1.27 bits per heavy atom. The van der Waals surface area contributed by atoms with E-state index in [2.05, 4.69) is 0 Å². The van der Waals surface area contributed by atoms with Crippen LogP contribution in [0.3, 0.4) is 0 Å². The first-order valence-corrected chi connectivity index (χ1v) is 4.51. The monoisotopic (exact) mass is 182 g/mol. The summed E-state index contributed by atoms with van der Waals surface area (Å²) in [5.74, 6) is -0.0236. The van der Waals surface area contributed by atoms with Crippen LogP contribution in [0.1, 0.15) is 26.2 Å². The van der Waals surface area contributed by atoms with E-state index in [0.717, 1.165) is 6.42 Å². The molecule has 0 amide bonds. The van der Waals surface area contributed by atoms with Gasteiger partial charge in [-0.15, -0.1) is 11.6 Å². The van der Waals surface area contributed by atoms with Crippen molar-refractivity contribution in [1.82, 2.24) is 0 Å². The van der Waals surface area contributed by atoms with Crippen LogP contribution in [0.2, 0.25) is 0 Å². The van der Waals surface area contributed by atoms with Crippen LogP contribution in [0.5, 0.6) is 0 Å². The molecule has 1 aliphatic rings. The maximum atomic E-state index is 13.0. The van der Waals surface area contributed by atoms with E-state index < -0.39 is 17.7 Å². The van der Waals surface area contributed by atoms with Crippen LogP contribution in [0.4, 0.5) is 8.78 Å². The van der Waals surface area contributed by atoms with E-state index in [1.807, 2.05) is 6.92 Å². The normalized spacial score (nSPS) is 45.8. The molecular weight excluding hydrogens is 170 g/mol. The van der Waals surface area contributed by atoms with Crippen molar-refractivity contribution in [3.63, 3.8) is 0 Å². The van der Waals surface area contributed by atoms with Crippen molar-refractivity contribution in [3.8, 4) is 0 Å². The summed E-state index contributed by atoms with van der Waals surface area (Å²) in [6.45, 7) is 1.92. The zero-order chi connectivity index (χ0) is 8.43. The topological polar surface area (TPSA) is 0 Å². The summed E-state index contributed by atoms with van der Waals surface area (Å²) in [6.07, 6.45) is -0.885. The maximum absolute atomic E-state index is 13.0. The van der Waals surface area contributed by atoms with Crippen LogP contribution in [0.15, 0.2) is 0 Å². The second-order valence-electron chi connectivity index (χ2n) is 3.19. The van der Waals surface area contributed by atoms with Gasteiger partial charge in [-0.05, 0) is 12.3 Å². The minimum Gasteiger partial charge on any atom is -0.247 e. The highest BCUT2D eigenvalue weighted by Gasteiger charge is 2.35. The smallest absolute Gasteiger partial charge is 0.119 e. The zero-order valence-corrected chi connectivity index (χ0v) is 7.32. The van der Waals surface area contributed by atoms with Gasteiger partial charge in [0.2, 0.25) is 0 Å². The molecule has 1 saturated carbocycles. The van der Waals surface area contributed by atoms with Gasteiger partial charge in [-0.2, -0.15) is 0 Å². The van der Waals surface area contributed by atoms with E-state index >= 15 is 0 Å². The Hall–Kier alpha value is 0.150. The third-order valence-corrected chi connectivity index (χ3v) is 2.86. The third-order valence-electron chi connectivity index (χ3n) is 2.41. The first-order chi connectivity index (χ1) is 5.15. The molecule has 4 atom stereocenters. The Morgan fingerprint density at radius 2 is 1.91 bits per heavy atom. The van der Waals surface area contributed by atoms with E-state index in [1.165, 1.54) is 0 Å². The fourth-order valence-electron chi connectivity index (χ4n) is 1.56. The van der Waals surface area contributed by atoms with Crippen LogP contribution in [0, 0.1) is 5.92 Å². The predicted octanol–water partition coefficient (Wildman–Crippen LogP) is 3.09. The lowest BCUT2D eigenvalue weighted by Gasteiger charge is -2.30. The molecule has 0 aromatic carbocycles. The van der Waals surface area contributed by atoms with Crippen molar-refractivity contribution >= 4 is 11.6 Å². The molecule has 1 aliphatic carbocycles. The number of alkyl halides is 3. The molecule has 0 saturated heterocycles. The average molecular weight is 183 g/mol. The minimum atomic E-state index is -1.14. The highest BCUT2D eigenvalue weighted by atomic mass is 35.5. The lowest BCUT2D eigenvalue weighted by molar-refractivity contribution is 0.103. The Bertz CT molecular complexity index is 129. The van der Waals surface area contributed by atoms with Crippen molar-refractivity contribution in [2.75, 3.05) is 0 Å². The molecule has 0 aliphatic heterocycles. The van der Waals surface area contributed by atoms with E-state index in [4.69, 9.17) is 11.6 Å². The summed E-state index contributed by atoms with van der Waals surface area (Å²) in [5, 5.41) is -0.466. The average Bonchev–Trinajstić information content (AvgIpc) is 1.97. The fourth-order valence-corrected chi connectivity index (χ4v) is 1.89. The molecular formula is C8H13ClF2. The van der Waals surface area contributed by atoms with Crippen LogP contribution in [-0.4, -0.2) is 17.7 Å². The molecule has 0 radical (unpaired) electrons. The molecule has 0 nitrogen and oxygen atoms in total. The van der Waals surface area contributed by atoms with Gasteiger partial charge in [-0.1, -0.05) is 13.3 Å². The zero-order valence-electron chi connectivity index (χ0n) is 6.56. The van der Waals surface area contributed by atoms with Crippen molar-refractivity contribution < 1.29 is 8.78 Å². The van der Waals surface area contributed by atoms with Gasteiger partial charge in [0.05, 0.1) is 5.38 Å². The summed E-state index contributed by atoms with van der Waals surface area (Å²) in [7, 11) is 0. The van der Waals surface area contributed by atoms with E-state index in [9.17, 15) is 8.78 Å². The van der Waals surface area contributed by atoms with Gasteiger partial charge in [0.1, 0.15) is 12.3 Å². The first-order valence-electron chi connectivity index (χ1n) is 4.07. The van der Waals surface area contributed by atoms with Gasteiger partial charge in [-0.25, -0.2) is 8.78 Å². The van der Waals surface area contributed by atoms with Crippen molar-refractivity contribution in [2.24, 2.45) is 5.92 Å². The number of hydrogen-bond donors (Lipinski definition) is 0. The third kappa shape index (κ3) is 2.05. The molecule has 1 fully saturated rings. The van der Waals surface area contributed by atoms with Gasteiger partial charge in [0.25, 0.3) is 0 Å². The van der Waals surface area contributed by atoms with E-state index in [0.29, 0.717) is 6.42 Å². The standard InChI is InChI=1S/C8H13ClF2/c1-2-5-3-6(9)8(11)4-7(5)10/h5-8H,2-4H2,1H3/t5?,6?,7-,8?/m0/s1. The number of rotatable bonds is 1. The predicted molar refractivity (Wildman–Crippen MR) is 42.4 cm³/mol. The summed E-state index contributed by atoms with van der Waals surface area (Å²) >= 11 is 5.66. The van der Waals surface area contributed by atoms with Crippen LogP contribution in [-0.2, 0) is 0 Å². The molecule has 11 heavy (non-hydrogen) atoms. The molecule has 0 N–H and O–H groups in total. The SMILES string of the molecule is CCC1CC(Cl)C(F)C[C@@H]1F. The highest BCUT2D eigenvalue weighted by Crippen LogP contribution is 2.33. The molecule has 3 heteroatoms. The van der Waals surface area contributed by atoms with E-state index in [1.54, 1.807) is 0 Å². The van der Waals surface area contributed by atoms with Gasteiger partial charge in [0.15, 0.2) is 0 Å². The molecule has 1 rings (SSSR count). The minimum absolute atomic E-state index is 0.00727. The molecule has 0 heterocycles. The Morgan fingerprint density at radius 3 is 2.45 bits per heavy atom. The highest BCUT2D eigenvalue weighted by molar-refractivity contribution is 6.21. The lowest BCUT2D eigenvalue weighted by Crippen LogP contribution is -2.34. The van der Waals surface area contributed by atoms with Crippen LogP contribution in [0.25, 0.3) is 0 Å². The fraction of sp³-hybridized carbons (Fsp3) is 1.00. The molecule has 0 spiro atoms. The largest absolute Gasteiger partial charge is 0.247 e. The van der Waals surface area contributed by atoms with E-state index in [-0.39, 0.29) is 12.3 Å². The van der Waals surface area contributed by atoms with Crippen LogP contribution < -0.4 is 0 Å². The summed E-state index contributed by atoms with van der Waals surface area (Å²) in [4.78, 5) is 0. The number of hydrogen-bond acceptors (Lipinski definition) is 0. The Labute approximate surface area is 70.9 Å². The lowest BCUT2D eigenvalue weighted by atomic mass is 9.84. The second kappa shape index (κ2) is 3.70. The first kappa shape index (κ1) is 9.24. The molecule has 0 aromatic rings. The van der Waals surface area contributed by atoms with Gasteiger partial charge in [-0.3, -0.25) is 0 Å². The van der Waals surface area contributed by atoms with Gasteiger partial charge in [0, 0.05) is 6.42 Å².